The topological polar surface area (TPSA) is 57.0 Å². The highest BCUT2D eigenvalue weighted by molar-refractivity contribution is 5.89. The maximum absolute atomic E-state index is 11.5. The van der Waals surface area contributed by atoms with Crippen LogP contribution in [-0.4, -0.2) is 21.0 Å². The second-order valence-corrected chi connectivity index (χ2v) is 3.33. The van der Waals surface area contributed by atoms with Crippen molar-refractivity contribution in [2.45, 2.75) is 6.61 Å². The van der Waals surface area contributed by atoms with E-state index in [1.165, 1.54) is 0 Å². The Bertz CT molecular complexity index is 479. The van der Waals surface area contributed by atoms with E-state index in [0.29, 0.717) is 11.3 Å². The lowest BCUT2D eigenvalue weighted by Crippen LogP contribution is -2.05. The molecule has 0 atom stereocenters. The zero-order chi connectivity index (χ0) is 11.4. The summed E-state index contributed by atoms with van der Waals surface area (Å²) in [5.41, 5.74) is 1.16. The molecule has 2 rings (SSSR count). The van der Waals surface area contributed by atoms with Crippen LogP contribution in [0.4, 0.5) is 0 Å². The van der Waals surface area contributed by atoms with Gasteiger partial charge in [0.2, 0.25) is 0 Å². The zero-order valence-corrected chi connectivity index (χ0v) is 8.83. The Morgan fingerprint density at radius 3 is 2.75 bits per heavy atom. The average Bonchev–Trinajstić information content (AvgIpc) is 2.73. The fourth-order valence-corrected chi connectivity index (χ4v) is 1.26. The first-order valence-electron chi connectivity index (χ1n) is 4.83. The molecule has 0 aliphatic heterocycles. The third kappa shape index (κ3) is 2.44. The minimum atomic E-state index is -0.355. The highest BCUT2D eigenvalue weighted by Crippen LogP contribution is 2.03. The summed E-state index contributed by atoms with van der Waals surface area (Å²) in [5, 5.41) is 7.56. The molecule has 1 aromatic carbocycles. The Balaban J connectivity index is 1.94. The second kappa shape index (κ2) is 4.57. The highest BCUT2D eigenvalue weighted by Gasteiger charge is 2.07. The van der Waals surface area contributed by atoms with E-state index in [4.69, 9.17) is 4.74 Å². The van der Waals surface area contributed by atoms with Crippen LogP contribution in [0.1, 0.15) is 16.1 Å². The number of ether oxygens (including phenoxy) is 1. The van der Waals surface area contributed by atoms with Gasteiger partial charge < -0.3 is 4.74 Å². The van der Waals surface area contributed by atoms with Crippen LogP contribution in [0.25, 0.3) is 0 Å². The molecule has 0 N–H and O–H groups in total. The number of nitrogens with zero attached hydrogens (tertiary/aromatic N) is 3. The summed E-state index contributed by atoms with van der Waals surface area (Å²) in [6, 6.07) is 8.84. The second-order valence-electron chi connectivity index (χ2n) is 3.33. The molecule has 16 heavy (non-hydrogen) atoms. The summed E-state index contributed by atoms with van der Waals surface area (Å²) in [6.07, 6.45) is 1.71. The molecule has 2 aromatic rings. The van der Waals surface area contributed by atoms with E-state index >= 15 is 0 Å². The van der Waals surface area contributed by atoms with Gasteiger partial charge in [-0.25, -0.2) is 4.79 Å². The maximum Gasteiger partial charge on any atom is 0.338 e. The first kappa shape index (κ1) is 10.4. The monoisotopic (exact) mass is 217 g/mol. The van der Waals surface area contributed by atoms with Gasteiger partial charge in [-0.3, -0.25) is 4.68 Å². The Labute approximate surface area is 92.7 Å². The van der Waals surface area contributed by atoms with Crippen LogP contribution >= 0.6 is 0 Å². The molecule has 1 aromatic heterocycles. The van der Waals surface area contributed by atoms with Crippen LogP contribution in [0.5, 0.6) is 0 Å². The minimum Gasteiger partial charge on any atom is -0.455 e. The first-order chi connectivity index (χ1) is 7.75. The minimum absolute atomic E-state index is 0.140. The molecule has 5 nitrogen and oxygen atoms in total. The smallest absolute Gasteiger partial charge is 0.338 e. The molecular weight excluding hydrogens is 206 g/mol. The lowest BCUT2D eigenvalue weighted by atomic mass is 10.2. The summed E-state index contributed by atoms with van der Waals surface area (Å²) in [6.45, 7) is 0.140. The number of benzene rings is 1. The molecule has 0 fully saturated rings. The number of hydrogen-bond acceptors (Lipinski definition) is 4. The van der Waals surface area contributed by atoms with Gasteiger partial charge in [0.05, 0.1) is 11.8 Å². The summed E-state index contributed by atoms with van der Waals surface area (Å²) in [4.78, 5) is 11.5. The van der Waals surface area contributed by atoms with E-state index in [9.17, 15) is 4.79 Å². The Kier molecular flexibility index (Phi) is 2.95. The molecule has 0 saturated heterocycles. The molecule has 0 aliphatic rings. The van der Waals surface area contributed by atoms with Crippen molar-refractivity contribution in [3.63, 3.8) is 0 Å². The van der Waals surface area contributed by atoms with E-state index in [-0.39, 0.29) is 12.6 Å². The van der Waals surface area contributed by atoms with Gasteiger partial charge in [-0.1, -0.05) is 23.4 Å². The Morgan fingerprint density at radius 1 is 1.38 bits per heavy atom. The van der Waals surface area contributed by atoms with Gasteiger partial charge in [-0.15, -0.1) is 5.10 Å². The van der Waals surface area contributed by atoms with Crippen molar-refractivity contribution in [3.05, 3.63) is 47.8 Å². The van der Waals surface area contributed by atoms with Crippen molar-refractivity contribution >= 4 is 5.97 Å². The predicted molar refractivity (Wildman–Crippen MR) is 56.6 cm³/mol. The van der Waals surface area contributed by atoms with Crippen molar-refractivity contribution in [2.24, 2.45) is 7.05 Å². The summed E-state index contributed by atoms with van der Waals surface area (Å²) in [5.74, 6) is -0.355. The van der Waals surface area contributed by atoms with E-state index < -0.39 is 0 Å². The summed E-state index contributed by atoms with van der Waals surface area (Å²) < 4.78 is 6.63. The summed E-state index contributed by atoms with van der Waals surface area (Å²) in [7, 11) is 1.76. The molecule has 82 valence electrons. The highest BCUT2D eigenvalue weighted by atomic mass is 16.5. The van der Waals surface area contributed by atoms with E-state index in [1.807, 2.05) is 6.07 Å². The van der Waals surface area contributed by atoms with Crippen LogP contribution in [-0.2, 0) is 18.4 Å². The van der Waals surface area contributed by atoms with Crippen molar-refractivity contribution < 1.29 is 9.53 Å². The molecule has 0 amide bonds. The van der Waals surface area contributed by atoms with Crippen LogP contribution in [0.2, 0.25) is 0 Å². The first-order valence-corrected chi connectivity index (χ1v) is 4.83. The van der Waals surface area contributed by atoms with Crippen molar-refractivity contribution in [1.82, 2.24) is 15.0 Å². The SMILES string of the molecule is Cn1cc(COC(=O)c2ccccc2)nn1. The van der Waals surface area contributed by atoms with Crippen LogP contribution in [0.3, 0.4) is 0 Å². The van der Waals surface area contributed by atoms with Gasteiger partial charge in [0.15, 0.2) is 0 Å². The average molecular weight is 217 g/mol. The third-order valence-corrected chi connectivity index (χ3v) is 2.01. The predicted octanol–water partition coefficient (Wildman–Crippen LogP) is 1.17. The molecule has 5 heteroatoms. The van der Waals surface area contributed by atoms with Gasteiger partial charge in [0, 0.05) is 7.05 Å². The van der Waals surface area contributed by atoms with Crippen LogP contribution in [0, 0.1) is 0 Å². The molecule has 0 saturated carbocycles. The van der Waals surface area contributed by atoms with Crippen LogP contribution < -0.4 is 0 Å². The van der Waals surface area contributed by atoms with E-state index in [1.54, 1.807) is 42.2 Å². The van der Waals surface area contributed by atoms with Gasteiger partial charge in [-0.2, -0.15) is 0 Å². The lowest BCUT2D eigenvalue weighted by Gasteiger charge is -2.01. The van der Waals surface area contributed by atoms with E-state index in [0.717, 1.165) is 0 Å². The number of esters is 1. The molecule has 0 bridgehead atoms. The largest absolute Gasteiger partial charge is 0.455 e. The summed E-state index contributed by atoms with van der Waals surface area (Å²) >= 11 is 0. The number of hydrogen-bond donors (Lipinski definition) is 0. The zero-order valence-electron chi connectivity index (χ0n) is 8.83. The number of rotatable bonds is 3. The van der Waals surface area contributed by atoms with Gasteiger partial charge in [0.1, 0.15) is 12.3 Å². The van der Waals surface area contributed by atoms with Gasteiger partial charge in [0.25, 0.3) is 0 Å². The Morgan fingerprint density at radius 2 is 2.12 bits per heavy atom. The molecule has 0 radical (unpaired) electrons. The third-order valence-electron chi connectivity index (χ3n) is 2.01. The fourth-order valence-electron chi connectivity index (χ4n) is 1.26. The number of aromatic nitrogens is 3. The maximum atomic E-state index is 11.5. The van der Waals surface area contributed by atoms with Gasteiger partial charge >= 0.3 is 5.97 Å². The van der Waals surface area contributed by atoms with E-state index in [2.05, 4.69) is 10.3 Å². The molecule has 0 aliphatic carbocycles. The lowest BCUT2D eigenvalue weighted by molar-refractivity contribution is 0.0467. The van der Waals surface area contributed by atoms with Crippen molar-refractivity contribution in [2.75, 3.05) is 0 Å². The van der Waals surface area contributed by atoms with Gasteiger partial charge in [-0.05, 0) is 12.1 Å². The normalized spacial score (nSPS) is 10.1. The Hall–Kier alpha value is -2.17. The fraction of sp³-hybridized carbons (Fsp3) is 0.182. The van der Waals surface area contributed by atoms with Crippen LogP contribution in [0.15, 0.2) is 36.5 Å². The quantitative estimate of drug-likeness (QED) is 0.724. The molecule has 0 spiro atoms. The molecular formula is C11H11N3O2. The number of carbonyl (C=O) groups is 1. The van der Waals surface area contributed by atoms with Crippen molar-refractivity contribution in [3.8, 4) is 0 Å². The standard InChI is InChI=1S/C11H11N3O2/c1-14-7-10(12-13-14)8-16-11(15)9-5-3-2-4-6-9/h2-7H,8H2,1H3. The number of aryl methyl sites for hydroxylation is 1. The molecule has 0 unspecified atom stereocenters. The molecule has 1 heterocycles. The number of carbonyl (C=O) groups excluding carboxylic acids is 1. The van der Waals surface area contributed by atoms with Crippen molar-refractivity contribution in [1.29, 1.82) is 0 Å².